The van der Waals surface area contributed by atoms with Crippen LogP contribution in [-0.2, 0) is 12.0 Å². The van der Waals surface area contributed by atoms with Gasteiger partial charge in [-0.05, 0) is 11.4 Å². The van der Waals surface area contributed by atoms with Gasteiger partial charge in [-0.3, -0.25) is 14.3 Å². The first-order chi connectivity index (χ1) is 8.40. The lowest BCUT2D eigenvalue weighted by Gasteiger charge is -2.24. The third-order valence-corrected chi connectivity index (χ3v) is 4.04. The minimum atomic E-state index is -0.470. The van der Waals surface area contributed by atoms with Crippen LogP contribution in [0.4, 0.5) is 5.82 Å². The largest absolute Gasteiger partial charge is 0.385 e. The van der Waals surface area contributed by atoms with Crippen LogP contribution < -0.4 is 17.0 Å². The quantitative estimate of drug-likeness (QED) is 0.873. The summed E-state index contributed by atoms with van der Waals surface area (Å²) >= 11 is 1.64. The van der Waals surface area contributed by atoms with Crippen LogP contribution in [0.5, 0.6) is 0 Å². The third-order valence-electron chi connectivity index (χ3n) is 2.81. The molecule has 0 spiro atoms. The number of H-pyrrole nitrogens is 1. The van der Waals surface area contributed by atoms with Crippen molar-refractivity contribution in [2.45, 2.75) is 25.8 Å². The Balaban J connectivity index is 2.41. The van der Waals surface area contributed by atoms with E-state index in [1.165, 1.54) is 15.5 Å². The van der Waals surface area contributed by atoms with Crippen molar-refractivity contribution in [3.63, 3.8) is 0 Å². The normalized spacial score (nSPS) is 11.7. The molecule has 0 fully saturated rings. The highest BCUT2D eigenvalue weighted by Gasteiger charge is 2.23. The fourth-order valence-electron chi connectivity index (χ4n) is 1.84. The summed E-state index contributed by atoms with van der Waals surface area (Å²) < 4.78 is 1.39. The average molecular weight is 265 g/mol. The lowest BCUT2D eigenvalue weighted by Crippen LogP contribution is -2.36. The van der Waals surface area contributed by atoms with Crippen molar-refractivity contribution >= 4 is 17.2 Å². The lowest BCUT2D eigenvalue weighted by atomic mass is 9.91. The number of hydrogen-bond donors (Lipinski definition) is 2. The smallest absolute Gasteiger partial charge is 0.329 e. The van der Waals surface area contributed by atoms with Gasteiger partial charge in [0, 0.05) is 22.9 Å². The number of thiophene rings is 1. The fraction of sp³-hybridized carbons (Fsp3) is 0.333. The minimum Gasteiger partial charge on any atom is -0.385 e. The van der Waals surface area contributed by atoms with Crippen molar-refractivity contribution in [2.24, 2.45) is 0 Å². The van der Waals surface area contributed by atoms with E-state index >= 15 is 0 Å². The summed E-state index contributed by atoms with van der Waals surface area (Å²) in [6.45, 7) is 4.50. The molecule has 0 aliphatic heterocycles. The molecule has 6 heteroatoms. The molecular formula is C12H15N3O2S. The summed E-state index contributed by atoms with van der Waals surface area (Å²) in [4.78, 5) is 26.2. The molecule has 0 saturated heterocycles. The van der Waals surface area contributed by atoms with Gasteiger partial charge in [0.05, 0.1) is 0 Å². The topological polar surface area (TPSA) is 80.9 Å². The van der Waals surface area contributed by atoms with Gasteiger partial charge in [-0.25, -0.2) is 4.79 Å². The van der Waals surface area contributed by atoms with E-state index in [4.69, 9.17) is 5.73 Å². The molecule has 0 aromatic carbocycles. The molecule has 0 atom stereocenters. The Kier molecular flexibility index (Phi) is 3.13. The van der Waals surface area contributed by atoms with E-state index in [1.54, 1.807) is 11.3 Å². The fourth-order valence-corrected chi connectivity index (χ4v) is 2.68. The Morgan fingerprint density at radius 3 is 2.72 bits per heavy atom. The van der Waals surface area contributed by atoms with Crippen molar-refractivity contribution in [1.82, 2.24) is 9.55 Å². The molecule has 96 valence electrons. The van der Waals surface area contributed by atoms with Crippen LogP contribution in [0.2, 0.25) is 0 Å². The number of anilines is 1. The Labute approximate surface area is 108 Å². The highest BCUT2D eigenvalue weighted by molar-refractivity contribution is 7.10. The zero-order chi connectivity index (χ0) is 13.3. The molecule has 0 bridgehead atoms. The summed E-state index contributed by atoms with van der Waals surface area (Å²) in [7, 11) is 0. The van der Waals surface area contributed by atoms with E-state index in [-0.39, 0.29) is 11.2 Å². The Hall–Kier alpha value is -1.82. The maximum atomic E-state index is 11.7. The van der Waals surface area contributed by atoms with Gasteiger partial charge in [0.1, 0.15) is 5.82 Å². The lowest BCUT2D eigenvalue weighted by molar-refractivity contribution is 0.433. The number of aromatic amines is 1. The van der Waals surface area contributed by atoms with E-state index in [0.29, 0.717) is 6.54 Å². The van der Waals surface area contributed by atoms with Crippen LogP contribution in [0.15, 0.2) is 33.2 Å². The molecule has 18 heavy (non-hydrogen) atoms. The Bertz CT molecular complexity index is 653. The first-order valence-corrected chi connectivity index (χ1v) is 6.42. The van der Waals surface area contributed by atoms with Crippen LogP contribution in [0.3, 0.4) is 0 Å². The maximum absolute atomic E-state index is 11.7. The van der Waals surface area contributed by atoms with E-state index in [1.807, 2.05) is 31.4 Å². The minimum absolute atomic E-state index is 0.188. The van der Waals surface area contributed by atoms with Crippen LogP contribution in [0.1, 0.15) is 18.7 Å². The number of hydrogen-bond acceptors (Lipinski definition) is 4. The molecule has 0 aliphatic rings. The molecule has 3 N–H and O–H groups in total. The number of nitrogens with two attached hydrogens (primary N) is 1. The maximum Gasteiger partial charge on any atom is 0.329 e. The van der Waals surface area contributed by atoms with Gasteiger partial charge in [-0.15, -0.1) is 11.3 Å². The number of nitrogen functional groups attached to an aromatic ring is 1. The van der Waals surface area contributed by atoms with Gasteiger partial charge in [-0.1, -0.05) is 19.9 Å². The SMILES string of the molecule is CC(C)(Cn1c(N)cc(=O)[nH]c1=O)c1cccs1. The molecule has 2 rings (SSSR count). The molecule has 0 saturated carbocycles. The molecule has 2 heterocycles. The summed E-state index contributed by atoms with van der Waals surface area (Å²) in [5.41, 5.74) is 4.57. The van der Waals surface area contributed by atoms with Gasteiger partial charge < -0.3 is 5.73 Å². The zero-order valence-electron chi connectivity index (χ0n) is 10.3. The second-order valence-corrected chi connectivity index (χ2v) is 5.76. The van der Waals surface area contributed by atoms with E-state index < -0.39 is 11.2 Å². The number of nitrogens with zero attached hydrogens (tertiary/aromatic N) is 1. The van der Waals surface area contributed by atoms with Crippen LogP contribution in [-0.4, -0.2) is 9.55 Å². The van der Waals surface area contributed by atoms with Gasteiger partial charge in [-0.2, -0.15) is 0 Å². The standard InChI is InChI=1S/C12H15N3O2S/c1-12(2,8-4-3-5-18-8)7-15-9(13)6-10(16)14-11(15)17/h3-6H,7,13H2,1-2H3,(H,14,16,17). The first kappa shape index (κ1) is 12.6. The van der Waals surface area contributed by atoms with Crippen molar-refractivity contribution in [3.05, 3.63) is 49.3 Å². The van der Waals surface area contributed by atoms with Crippen molar-refractivity contribution in [3.8, 4) is 0 Å². The van der Waals surface area contributed by atoms with Gasteiger partial charge in [0.15, 0.2) is 0 Å². The molecule has 0 amide bonds. The van der Waals surface area contributed by atoms with E-state index in [0.717, 1.165) is 0 Å². The van der Waals surface area contributed by atoms with Crippen molar-refractivity contribution < 1.29 is 0 Å². The van der Waals surface area contributed by atoms with E-state index in [9.17, 15) is 9.59 Å². The van der Waals surface area contributed by atoms with E-state index in [2.05, 4.69) is 4.98 Å². The molecule has 0 unspecified atom stereocenters. The van der Waals surface area contributed by atoms with Crippen LogP contribution >= 0.6 is 11.3 Å². The summed E-state index contributed by atoms with van der Waals surface area (Å²) in [6.07, 6.45) is 0. The predicted octanol–water partition coefficient (Wildman–Crippen LogP) is 1.16. The molecule has 0 radical (unpaired) electrons. The summed E-state index contributed by atoms with van der Waals surface area (Å²) in [5.74, 6) is 0.188. The molecular weight excluding hydrogens is 250 g/mol. The Morgan fingerprint density at radius 2 is 2.17 bits per heavy atom. The molecule has 5 nitrogen and oxygen atoms in total. The first-order valence-electron chi connectivity index (χ1n) is 5.54. The second kappa shape index (κ2) is 4.45. The van der Waals surface area contributed by atoms with Gasteiger partial charge in [0.2, 0.25) is 0 Å². The van der Waals surface area contributed by atoms with Crippen LogP contribution in [0, 0.1) is 0 Å². The summed E-state index contributed by atoms with van der Waals surface area (Å²) in [5, 5.41) is 2.00. The second-order valence-electron chi connectivity index (χ2n) is 4.81. The average Bonchev–Trinajstić information content (AvgIpc) is 2.77. The van der Waals surface area contributed by atoms with Crippen LogP contribution in [0.25, 0.3) is 0 Å². The number of aromatic nitrogens is 2. The molecule has 2 aromatic rings. The monoisotopic (exact) mass is 265 g/mol. The van der Waals surface area contributed by atoms with Crippen molar-refractivity contribution in [2.75, 3.05) is 5.73 Å². The molecule has 2 aromatic heterocycles. The number of rotatable bonds is 3. The highest BCUT2D eigenvalue weighted by Crippen LogP contribution is 2.29. The van der Waals surface area contributed by atoms with Gasteiger partial charge in [0.25, 0.3) is 5.56 Å². The zero-order valence-corrected chi connectivity index (χ0v) is 11.1. The predicted molar refractivity (Wildman–Crippen MR) is 73.1 cm³/mol. The number of nitrogens with one attached hydrogen (secondary N) is 1. The summed E-state index contributed by atoms with van der Waals surface area (Å²) in [6, 6.07) is 5.23. The molecule has 0 aliphatic carbocycles. The highest BCUT2D eigenvalue weighted by atomic mass is 32.1. The Morgan fingerprint density at radius 1 is 1.44 bits per heavy atom. The van der Waals surface area contributed by atoms with Crippen molar-refractivity contribution in [1.29, 1.82) is 0 Å². The van der Waals surface area contributed by atoms with Gasteiger partial charge >= 0.3 is 5.69 Å². The third kappa shape index (κ3) is 2.38.